The predicted molar refractivity (Wildman–Crippen MR) is 109 cm³/mol. The Kier molecular flexibility index (Phi) is 8.18. The lowest BCUT2D eigenvalue weighted by atomic mass is 9.78. The topological polar surface area (TPSA) is 123 Å². The summed E-state index contributed by atoms with van der Waals surface area (Å²) in [4.78, 5) is 48.5. The number of amides is 1. The first kappa shape index (κ1) is 23.2. The number of aryl methyl sites for hydroxylation is 1. The molecule has 9 heteroatoms. The number of thioether (sulfide) groups is 1. The summed E-state index contributed by atoms with van der Waals surface area (Å²) in [5.74, 6) is -4.62. The number of hydrogen-bond acceptors (Lipinski definition) is 8. The van der Waals surface area contributed by atoms with Crippen molar-refractivity contribution in [3.8, 4) is 6.07 Å². The van der Waals surface area contributed by atoms with E-state index in [0.29, 0.717) is 5.56 Å². The number of methoxy groups -OCH3 is 1. The van der Waals surface area contributed by atoms with E-state index in [1.807, 2.05) is 19.1 Å². The molecule has 1 N–H and O–H groups in total. The monoisotopic (exact) mass is 430 g/mol. The Morgan fingerprint density at radius 1 is 1.23 bits per heavy atom. The van der Waals surface area contributed by atoms with Gasteiger partial charge in [0.15, 0.2) is 5.78 Å². The van der Waals surface area contributed by atoms with Crippen molar-refractivity contribution in [1.82, 2.24) is 5.32 Å². The van der Waals surface area contributed by atoms with Crippen LogP contribution in [-0.4, -0.2) is 43.1 Å². The molecule has 158 valence electrons. The number of ether oxygens (including phenoxy) is 2. The molecule has 2 atom stereocenters. The van der Waals surface area contributed by atoms with E-state index in [1.165, 1.54) is 7.11 Å². The highest BCUT2D eigenvalue weighted by molar-refractivity contribution is 8.03. The molecule has 1 aliphatic rings. The van der Waals surface area contributed by atoms with Crippen molar-refractivity contribution < 1.29 is 28.7 Å². The number of carbonyl (C=O) groups excluding carboxylic acids is 4. The first-order valence-corrected chi connectivity index (χ1v) is 10.2. The van der Waals surface area contributed by atoms with E-state index in [1.54, 1.807) is 19.1 Å². The van der Waals surface area contributed by atoms with Gasteiger partial charge in [-0.3, -0.25) is 19.2 Å². The number of nitriles is 1. The second-order valence-corrected chi connectivity index (χ2v) is 7.53. The van der Waals surface area contributed by atoms with E-state index in [-0.39, 0.29) is 23.0 Å². The molecule has 0 saturated carbocycles. The molecule has 0 aromatic heterocycles. The number of Topliss-reactive ketones (excluding diaryl/α,β-unsaturated/α-hetero) is 1. The third kappa shape index (κ3) is 5.48. The maximum atomic E-state index is 12.7. The van der Waals surface area contributed by atoms with Crippen LogP contribution >= 0.6 is 11.8 Å². The van der Waals surface area contributed by atoms with Crippen LogP contribution in [0.5, 0.6) is 0 Å². The Morgan fingerprint density at radius 2 is 1.90 bits per heavy atom. The fourth-order valence-electron chi connectivity index (χ4n) is 3.03. The molecular formula is C21H22N2O6S. The Hall–Kier alpha value is -3.12. The molecule has 1 heterocycles. The highest BCUT2D eigenvalue weighted by Crippen LogP contribution is 2.40. The predicted octanol–water partition coefficient (Wildman–Crippen LogP) is 1.99. The highest BCUT2D eigenvalue weighted by atomic mass is 32.2. The van der Waals surface area contributed by atoms with Crippen molar-refractivity contribution in [3.63, 3.8) is 0 Å². The van der Waals surface area contributed by atoms with Gasteiger partial charge in [-0.25, -0.2) is 0 Å². The molecule has 0 saturated heterocycles. The lowest BCUT2D eigenvalue weighted by Gasteiger charge is -2.31. The van der Waals surface area contributed by atoms with Gasteiger partial charge in [0.05, 0.1) is 36.1 Å². The number of ketones is 1. The average Bonchev–Trinajstić information content (AvgIpc) is 2.71. The summed E-state index contributed by atoms with van der Waals surface area (Å²) in [5.41, 5.74) is 1.75. The van der Waals surface area contributed by atoms with Crippen LogP contribution in [0, 0.1) is 24.2 Å². The van der Waals surface area contributed by atoms with E-state index in [0.717, 1.165) is 17.3 Å². The van der Waals surface area contributed by atoms with E-state index in [4.69, 9.17) is 9.47 Å². The summed E-state index contributed by atoms with van der Waals surface area (Å²) in [6.45, 7) is 3.71. The van der Waals surface area contributed by atoms with Crippen LogP contribution in [0.4, 0.5) is 0 Å². The smallest absolute Gasteiger partial charge is 0.319 e. The fraction of sp³-hybridized carbons (Fsp3) is 0.381. The number of nitrogens with zero attached hydrogens (tertiary/aromatic N) is 1. The minimum Gasteiger partial charge on any atom is -0.468 e. The van der Waals surface area contributed by atoms with Crippen LogP contribution in [0.3, 0.4) is 0 Å². The van der Waals surface area contributed by atoms with E-state index >= 15 is 0 Å². The summed E-state index contributed by atoms with van der Waals surface area (Å²) in [6, 6.07) is 9.21. The third-order valence-corrected chi connectivity index (χ3v) is 5.52. The normalized spacial score (nSPS) is 18.3. The van der Waals surface area contributed by atoms with E-state index < -0.39 is 41.9 Å². The zero-order chi connectivity index (χ0) is 22.3. The van der Waals surface area contributed by atoms with Crippen molar-refractivity contribution >= 4 is 35.4 Å². The Balaban J connectivity index is 2.36. The number of nitrogens with one attached hydrogen (secondary N) is 1. The SMILES string of the molecule is CCOC(=O)CC(=O)CSC1=C(C#N)C(c2ccc(C)cc2)C(C(=O)OC)C(=O)N1. The lowest BCUT2D eigenvalue weighted by Crippen LogP contribution is -2.44. The summed E-state index contributed by atoms with van der Waals surface area (Å²) >= 11 is 0.941. The Bertz CT molecular complexity index is 916. The fourth-order valence-corrected chi connectivity index (χ4v) is 3.94. The third-order valence-electron chi connectivity index (χ3n) is 4.44. The summed E-state index contributed by atoms with van der Waals surface area (Å²) in [5, 5.41) is 12.5. The van der Waals surface area contributed by atoms with Crippen molar-refractivity contribution in [1.29, 1.82) is 5.26 Å². The van der Waals surface area contributed by atoms with Crippen molar-refractivity contribution in [2.45, 2.75) is 26.2 Å². The average molecular weight is 430 g/mol. The molecule has 1 aromatic carbocycles. The highest BCUT2D eigenvalue weighted by Gasteiger charge is 2.44. The van der Waals surface area contributed by atoms with Crippen LogP contribution in [0.2, 0.25) is 0 Å². The molecule has 0 fully saturated rings. The summed E-state index contributed by atoms with van der Waals surface area (Å²) in [7, 11) is 1.18. The van der Waals surface area contributed by atoms with Gasteiger partial charge in [0, 0.05) is 5.92 Å². The minimum atomic E-state index is -1.23. The van der Waals surface area contributed by atoms with Crippen LogP contribution in [0.25, 0.3) is 0 Å². The van der Waals surface area contributed by atoms with Crippen molar-refractivity contribution in [3.05, 3.63) is 46.0 Å². The van der Waals surface area contributed by atoms with Gasteiger partial charge in [0.25, 0.3) is 0 Å². The second-order valence-electron chi connectivity index (χ2n) is 6.54. The Labute approximate surface area is 178 Å². The number of benzene rings is 1. The molecule has 0 aliphatic carbocycles. The van der Waals surface area contributed by atoms with Gasteiger partial charge in [-0.05, 0) is 19.4 Å². The molecule has 1 amide bonds. The van der Waals surface area contributed by atoms with Gasteiger partial charge in [0.1, 0.15) is 12.3 Å². The van der Waals surface area contributed by atoms with Crippen molar-refractivity contribution in [2.75, 3.05) is 19.5 Å². The van der Waals surface area contributed by atoms with Gasteiger partial charge >= 0.3 is 11.9 Å². The maximum absolute atomic E-state index is 12.7. The Morgan fingerprint density at radius 3 is 2.47 bits per heavy atom. The van der Waals surface area contributed by atoms with Gasteiger partial charge < -0.3 is 14.8 Å². The van der Waals surface area contributed by atoms with Crippen molar-refractivity contribution in [2.24, 2.45) is 5.92 Å². The van der Waals surface area contributed by atoms with Gasteiger partial charge in [0.2, 0.25) is 5.91 Å². The van der Waals surface area contributed by atoms with E-state index in [2.05, 4.69) is 11.4 Å². The first-order valence-electron chi connectivity index (χ1n) is 9.22. The number of hydrogen-bond donors (Lipinski definition) is 1. The van der Waals surface area contributed by atoms with Gasteiger partial charge in [-0.15, -0.1) is 0 Å². The zero-order valence-electron chi connectivity index (χ0n) is 16.9. The van der Waals surface area contributed by atoms with Crippen LogP contribution < -0.4 is 5.32 Å². The van der Waals surface area contributed by atoms with E-state index in [9.17, 15) is 24.4 Å². The second kappa shape index (κ2) is 10.6. The maximum Gasteiger partial charge on any atom is 0.319 e. The molecule has 2 unspecified atom stereocenters. The molecule has 0 spiro atoms. The number of rotatable bonds is 8. The lowest BCUT2D eigenvalue weighted by molar-refractivity contribution is -0.151. The number of carbonyl (C=O) groups is 4. The minimum absolute atomic E-state index is 0.136. The summed E-state index contributed by atoms with van der Waals surface area (Å²) < 4.78 is 9.53. The molecule has 8 nitrogen and oxygen atoms in total. The standard InChI is InChI=1S/C21H22N2O6S/c1-4-29-16(25)9-14(24)11-30-20-15(10-22)17(13-7-5-12(2)6-8-13)18(19(26)23-20)21(27)28-3/h5-8,17-18H,4,9,11H2,1-3H3,(H,23,26). The number of esters is 2. The largest absolute Gasteiger partial charge is 0.468 e. The molecule has 2 rings (SSSR count). The van der Waals surface area contributed by atoms with Gasteiger partial charge in [-0.2, -0.15) is 5.26 Å². The van der Waals surface area contributed by atoms with Crippen LogP contribution in [0.15, 0.2) is 34.9 Å². The van der Waals surface area contributed by atoms with Gasteiger partial charge in [-0.1, -0.05) is 41.6 Å². The first-order chi connectivity index (χ1) is 14.3. The molecule has 30 heavy (non-hydrogen) atoms. The summed E-state index contributed by atoms with van der Waals surface area (Å²) in [6.07, 6.45) is -0.393. The molecule has 0 radical (unpaired) electrons. The quantitative estimate of drug-likeness (QED) is 0.491. The molecule has 0 bridgehead atoms. The van der Waals surface area contributed by atoms with Crippen LogP contribution in [-0.2, 0) is 28.7 Å². The van der Waals surface area contributed by atoms with Crippen LogP contribution in [0.1, 0.15) is 30.4 Å². The zero-order valence-corrected chi connectivity index (χ0v) is 17.7. The molecule has 1 aromatic rings. The number of allylic oxidation sites excluding steroid dienone is 1. The molecular weight excluding hydrogens is 408 g/mol. The molecule has 1 aliphatic heterocycles.